The lowest BCUT2D eigenvalue weighted by Crippen LogP contribution is -2.51. The van der Waals surface area contributed by atoms with E-state index in [1.807, 2.05) is 25.7 Å². The second-order valence-electron chi connectivity index (χ2n) is 7.99. The minimum Gasteiger partial charge on any atom is -0.384 e. The fourth-order valence-electron chi connectivity index (χ4n) is 4.02. The van der Waals surface area contributed by atoms with Crippen LogP contribution in [0.4, 0.5) is 20.5 Å². The number of nitrogens with one attached hydrogen (secondary N) is 1. The van der Waals surface area contributed by atoms with Crippen molar-refractivity contribution in [1.29, 1.82) is 0 Å². The molecule has 2 aliphatic heterocycles. The smallest absolute Gasteiger partial charge is 0.264 e. The number of nitrogen functional groups attached to an aromatic ring is 1. The molecule has 0 amide bonds. The number of nitrogens with zero attached hydrogens (tertiary/aromatic N) is 5. The summed E-state index contributed by atoms with van der Waals surface area (Å²) in [5.74, 6) is 0.928. The number of halogens is 2. The van der Waals surface area contributed by atoms with Crippen molar-refractivity contribution in [3.8, 4) is 11.4 Å². The van der Waals surface area contributed by atoms with Gasteiger partial charge in [0.25, 0.3) is 6.43 Å². The van der Waals surface area contributed by atoms with Gasteiger partial charge in [0, 0.05) is 29.9 Å². The lowest BCUT2D eigenvalue weighted by atomic mass is 10.1. The fraction of sp³-hybridized carbons (Fsp3) is 0.600. The average Bonchev–Trinajstić information content (AvgIpc) is 2.73. The van der Waals surface area contributed by atoms with E-state index < -0.39 is 12.5 Å². The van der Waals surface area contributed by atoms with E-state index in [0.29, 0.717) is 31.6 Å². The van der Waals surface area contributed by atoms with Gasteiger partial charge in [-0.1, -0.05) is 0 Å². The maximum Gasteiger partial charge on any atom is 0.264 e. The summed E-state index contributed by atoms with van der Waals surface area (Å²) in [5.41, 5.74) is 5.50. The van der Waals surface area contributed by atoms with E-state index in [2.05, 4.69) is 20.3 Å². The van der Waals surface area contributed by atoms with E-state index in [9.17, 15) is 8.78 Å². The highest BCUT2D eigenvalue weighted by atomic mass is 19.3. The van der Waals surface area contributed by atoms with E-state index in [0.717, 1.165) is 12.6 Å². The summed E-state index contributed by atoms with van der Waals surface area (Å²) in [7, 11) is 0. The van der Waals surface area contributed by atoms with Crippen molar-refractivity contribution in [3.05, 3.63) is 23.7 Å². The van der Waals surface area contributed by atoms with Crippen molar-refractivity contribution in [2.24, 2.45) is 0 Å². The van der Waals surface area contributed by atoms with Gasteiger partial charge in [-0.05, 0) is 26.8 Å². The fourth-order valence-corrected chi connectivity index (χ4v) is 4.02. The quantitative estimate of drug-likeness (QED) is 0.746. The number of hydrogen-bond acceptors (Lipinski definition) is 9. The summed E-state index contributed by atoms with van der Waals surface area (Å²) >= 11 is 0. The molecule has 2 saturated heterocycles. The van der Waals surface area contributed by atoms with E-state index >= 15 is 0 Å². The van der Waals surface area contributed by atoms with Crippen LogP contribution in [0, 0.1) is 0 Å². The van der Waals surface area contributed by atoms with Crippen LogP contribution in [0.2, 0.25) is 0 Å². The zero-order valence-electron chi connectivity index (χ0n) is 17.8. The van der Waals surface area contributed by atoms with Crippen molar-refractivity contribution in [2.75, 3.05) is 37.0 Å². The van der Waals surface area contributed by atoms with Crippen molar-refractivity contribution >= 4 is 11.8 Å². The molecule has 3 N–H and O–H groups in total. The first-order valence-electron chi connectivity index (χ1n) is 10.4. The predicted octanol–water partition coefficient (Wildman–Crippen LogP) is 2.12. The van der Waals surface area contributed by atoms with Crippen molar-refractivity contribution in [3.63, 3.8) is 0 Å². The normalized spacial score (nSPS) is 27.0. The van der Waals surface area contributed by atoms with Crippen molar-refractivity contribution < 1.29 is 18.3 Å². The highest BCUT2D eigenvalue weighted by Gasteiger charge is 2.32. The van der Waals surface area contributed by atoms with Gasteiger partial charge in [-0.3, -0.25) is 0 Å². The molecule has 0 aromatic carbocycles. The molecule has 2 aromatic heterocycles. The van der Waals surface area contributed by atoms with E-state index in [4.69, 9.17) is 20.2 Å². The third-order valence-corrected chi connectivity index (χ3v) is 5.55. The van der Waals surface area contributed by atoms with Gasteiger partial charge in [-0.2, -0.15) is 9.97 Å². The summed E-state index contributed by atoms with van der Waals surface area (Å²) in [6.07, 6.45) is -1.90. The molecule has 1 unspecified atom stereocenters. The Kier molecular flexibility index (Phi) is 6.26. The van der Waals surface area contributed by atoms with Gasteiger partial charge in [0.15, 0.2) is 11.6 Å². The standard InChI is InChI=1S/C20H27F2N7O2/c1-10-8-30-9-11(2)29(10)20-27-18(14-7-25-15(23)6-13(14)17(21)22)26-19(28-20)16-12(3)24-4-5-31-16/h6-7,10-12,16-17,24H,4-5,8-9H2,1-3H3,(H2,23,25)/t10-,11-,12+,16?/m0/s1. The summed E-state index contributed by atoms with van der Waals surface area (Å²) in [6, 6.07) is 1.13. The average molecular weight is 435 g/mol. The molecule has 0 aliphatic carbocycles. The van der Waals surface area contributed by atoms with Crippen LogP contribution in [0.25, 0.3) is 11.4 Å². The first-order chi connectivity index (χ1) is 14.8. The van der Waals surface area contributed by atoms with Crippen LogP contribution in [-0.4, -0.2) is 64.4 Å². The summed E-state index contributed by atoms with van der Waals surface area (Å²) < 4.78 is 39.1. The molecule has 31 heavy (non-hydrogen) atoms. The maximum absolute atomic E-state index is 13.8. The largest absolute Gasteiger partial charge is 0.384 e. The third-order valence-electron chi connectivity index (χ3n) is 5.55. The topological polar surface area (TPSA) is 111 Å². The molecule has 0 saturated carbocycles. The Morgan fingerprint density at radius 3 is 2.58 bits per heavy atom. The van der Waals surface area contributed by atoms with Crippen LogP contribution in [-0.2, 0) is 9.47 Å². The van der Waals surface area contributed by atoms with Gasteiger partial charge in [-0.25, -0.2) is 18.7 Å². The zero-order chi connectivity index (χ0) is 22.1. The Morgan fingerprint density at radius 2 is 1.90 bits per heavy atom. The summed E-state index contributed by atoms with van der Waals surface area (Å²) in [4.78, 5) is 19.8. The van der Waals surface area contributed by atoms with Crippen LogP contribution in [0.15, 0.2) is 12.3 Å². The molecule has 0 bridgehead atoms. The summed E-state index contributed by atoms with van der Waals surface area (Å²) in [6.45, 7) is 8.25. The van der Waals surface area contributed by atoms with Gasteiger partial charge >= 0.3 is 0 Å². The minimum atomic E-state index is -2.75. The second-order valence-corrected chi connectivity index (χ2v) is 7.99. The molecule has 4 rings (SSSR count). The van der Waals surface area contributed by atoms with Crippen LogP contribution in [0.1, 0.15) is 44.7 Å². The SMILES string of the molecule is C[C@H]1NCCOC1c1nc(-c2cnc(N)cc2C(F)F)nc(N2[C@@H](C)COC[C@@H]2C)n1. The third kappa shape index (κ3) is 4.43. The van der Waals surface area contributed by atoms with Gasteiger partial charge in [0.1, 0.15) is 11.9 Å². The van der Waals surface area contributed by atoms with Crippen LogP contribution in [0.5, 0.6) is 0 Å². The number of ether oxygens (including phenoxy) is 2. The number of aromatic nitrogens is 4. The Morgan fingerprint density at radius 1 is 1.16 bits per heavy atom. The number of rotatable bonds is 4. The van der Waals surface area contributed by atoms with E-state index in [-0.39, 0.29) is 40.9 Å². The number of pyridine rings is 1. The van der Waals surface area contributed by atoms with Crippen molar-refractivity contribution in [2.45, 2.75) is 51.4 Å². The molecule has 11 heteroatoms. The molecule has 2 aliphatic rings. The molecule has 0 radical (unpaired) electrons. The number of anilines is 2. The number of hydrogen-bond donors (Lipinski definition) is 2. The molecule has 9 nitrogen and oxygen atoms in total. The number of alkyl halides is 2. The second kappa shape index (κ2) is 8.93. The Hall–Kier alpha value is -2.50. The molecule has 4 heterocycles. The number of morpholine rings is 2. The first kappa shape index (κ1) is 21.7. The van der Waals surface area contributed by atoms with Gasteiger partial charge in [0.05, 0.1) is 31.9 Å². The van der Waals surface area contributed by atoms with Gasteiger partial charge in [-0.15, -0.1) is 0 Å². The van der Waals surface area contributed by atoms with Gasteiger partial charge < -0.3 is 25.4 Å². The molecular weight excluding hydrogens is 408 g/mol. The lowest BCUT2D eigenvalue weighted by Gasteiger charge is -2.39. The highest BCUT2D eigenvalue weighted by Crippen LogP contribution is 2.33. The first-order valence-corrected chi connectivity index (χ1v) is 10.4. The molecular formula is C20H27F2N7O2. The zero-order valence-corrected chi connectivity index (χ0v) is 17.8. The minimum absolute atomic E-state index is 0.00813. The monoisotopic (exact) mass is 435 g/mol. The Labute approximate surface area is 179 Å². The molecule has 2 aromatic rings. The Balaban J connectivity index is 1.86. The molecule has 0 spiro atoms. The van der Waals surface area contributed by atoms with Crippen molar-refractivity contribution in [1.82, 2.24) is 25.3 Å². The van der Waals surface area contributed by atoms with Gasteiger partial charge in [0.2, 0.25) is 5.95 Å². The number of nitrogens with two attached hydrogens (primary N) is 1. The maximum atomic E-state index is 13.8. The van der Waals surface area contributed by atoms with Crippen LogP contribution >= 0.6 is 0 Å². The van der Waals surface area contributed by atoms with Crippen LogP contribution < -0.4 is 16.0 Å². The highest BCUT2D eigenvalue weighted by molar-refractivity contribution is 5.63. The van der Waals surface area contributed by atoms with Crippen LogP contribution in [0.3, 0.4) is 0 Å². The summed E-state index contributed by atoms with van der Waals surface area (Å²) in [5, 5.41) is 3.34. The predicted molar refractivity (Wildman–Crippen MR) is 111 cm³/mol. The Bertz CT molecular complexity index is 922. The van der Waals surface area contributed by atoms with E-state index in [1.54, 1.807) is 0 Å². The van der Waals surface area contributed by atoms with E-state index in [1.165, 1.54) is 6.20 Å². The molecule has 4 atom stereocenters. The lowest BCUT2D eigenvalue weighted by molar-refractivity contribution is -0.00571. The molecule has 168 valence electrons. The molecule has 2 fully saturated rings.